The molecule has 0 aliphatic carbocycles. The molecule has 0 radical (unpaired) electrons. The van der Waals surface area contributed by atoms with E-state index in [-0.39, 0.29) is 0 Å². The molecule has 0 amide bonds. The Hall–Kier alpha value is -3.85. The number of nitrogens with zero attached hydrogens (tertiary/aromatic N) is 3. The van der Waals surface area contributed by atoms with Gasteiger partial charge >= 0.3 is 0 Å². The predicted molar refractivity (Wildman–Crippen MR) is 119 cm³/mol. The number of rotatable bonds is 3. The fraction of sp³-hybridized carbons (Fsp3) is 0.0385. The van der Waals surface area contributed by atoms with Crippen molar-refractivity contribution in [3.05, 3.63) is 114 Å². The number of fused-ring (bicyclic) bond motifs is 7. The Morgan fingerprint density at radius 2 is 1.55 bits per heavy atom. The Morgan fingerprint density at radius 3 is 2.48 bits per heavy atom. The summed E-state index contributed by atoms with van der Waals surface area (Å²) in [7, 11) is 0. The first-order chi connectivity index (χ1) is 14.4. The van der Waals surface area contributed by atoms with Crippen molar-refractivity contribution in [3.63, 3.8) is 0 Å². The third-order valence-electron chi connectivity index (χ3n) is 5.58. The predicted octanol–water partition coefficient (Wildman–Crippen LogP) is 6.19. The van der Waals surface area contributed by atoms with Crippen molar-refractivity contribution in [2.75, 3.05) is 0 Å². The van der Waals surface area contributed by atoms with Crippen LogP contribution in [0.1, 0.15) is 5.56 Å². The molecule has 0 atom stereocenters. The van der Waals surface area contributed by atoms with Crippen molar-refractivity contribution in [1.82, 2.24) is 4.40 Å². The first-order valence-electron chi connectivity index (χ1n) is 9.86. The van der Waals surface area contributed by atoms with Crippen molar-refractivity contribution >= 4 is 38.7 Å². The van der Waals surface area contributed by atoms with E-state index in [4.69, 9.17) is 5.32 Å². The van der Waals surface area contributed by atoms with E-state index in [1.807, 2.05) is 6.07 Å². The molecule has 0 fully saturated rings. The second-order valence-electron chi connectivity index (χ2n) is 7.39. The van der Waals surface area contributed by atoms with Crippen LogP contribution in [0.5, 0.6) is 0 Å². The number of hydrogen-bond acceptors (Lipinski definition) is 0. The molecule has 3 heteroatoms. The van der Waals surface area contributed by atoms with Gasteiger partial charge in [0.05, 0.1) is 0 Å². The first kappa shape index (κ1) is 16.1. The molecule has 3 aromatic carbocycles. The van der Waals surface area contributed by atoms with E-state index in [0.717, 1.165) is 5.69 Å². The van der Waals surface area contributed by atoms with Gasteiger partial charge in [-0.05, 0) is 30.3 Å². The van der Waals surface area contributed by atoms with Gasteiger partial charge in [0.15, 0.2) is 5.52 Å². The van der Waals surface area contributed by atoms with Crippen LogP contribution >= 0.6 is 0 Å². The van der Waals surface area contributed by atoms with Crippen LogP contribution < -0.4 is 4.40 Å². The molecule has 0 aliphatic rings. The molecule has 0 unspecified atom stereocenters. The molecule has 0 N–H and O–H groups in total. The first-order valence-corrected chi connectivity index (χ1v) is 9.86. The van der Waals surface area contributed by atoms with Gasteiger partial charge in [-0.2, -0.15) is 8.80 Å². The summed E-state index contributed by atoms with van der Waals surface area (Å²) in [5.74, 6) is 0. The normalized spacial score (nSPS) is 11.6. The Morgan fingerprint density at radius 1 is 0.724 bits per heavy atom. The second-order valence-corrected chi connectivity index (χ2v) is 7.39. The lowest BCUT2D eigenvalue weighted by Crippen LogP contribution is -2.19. The van der Waals surface area contributed by atoms with Crippen LogP contribution in [0, 0.1) is 0 Å². The maximum absolute atomic E-state index is 4.78. The standard InChI is InChI=1S/C26H19N3/c1-2-6-19(7-3-1)17-27-22-12-14-24-21(16-22)11-15-26-28(24)18-23-13-10-20-8-4-5-9-25(20)29(23)26/h1-16,18H,17H2. The number of aromatic nitrogens is 2. The van der Waals surface area contributed by atoms with Crippen LogP contribution in [0.2, 0.25) is 0 Å². The van der Waals surface area contributed by atoms with Crippen molar-refractivity contribution in [1.29, 1.82) is 0 Å². The number of hydrogen-bond donors (Lipinski definition) is 0. The van der Waals surface area contributed by atoms with E-state index in [2.05, 4.69) is 106 Å². The summed E-state index contributed by atoms with van der Waals surface area (Å²) in [5, 5.41) is 7.21. The Bertz CT molecular complexity index is 1500. The van der Waals surface area contributed by atoms with E-state index < -0.39 is 0 Å². The maximum atomic E-state index is 4.78. The summed E-state index contributed by atoms with van der Waals surface area (Å²) in [5.41, 5.74) is 7.00. The molecule has 0 spiro atoms. The second kappa shape index (κ2) is 6.35. The number of benzene rings is 3. The Kier molecular flexibility index (Phi) is 3.53. The zero-order valence-corrected chi connectivity index (χ0v) is 15.9. The van der Waals surface area contributed by atoms with Crippen LogP contribution in [0.4, 0.5) is 5.69 Å². The van der Waals surface area contributed by atoms with E-state index in [1.54, 1.807) is 0 Å². The van der Waals surface area contributed by atoms with Crippen molar-refractivity contribution < 1.29 is 4.40 Å². The molecule has 3 aromatic heterocycles. The van der Waals surface area contributed by atoms with Crippen molar-refractivity contribution in [3.8, 4) is 0 Å². The molecule has 0 bridgehead atoms. The Balaban J connectivity index is 1.48. The zero-order chi connectivity index (χ0) is 19.2. The SMILES string of the molecule is c1ccc(C[N-]c2ccc3c(ccc4n5c(ccc6ccccc65)c[n+]34)c2)cc1. The van der Waals surface area contributed by atoms with Crippen LogP contribution in [0.3, 0.4) is 0 Å². The molecule has 0 saturated carbocycles. The highest BCUT2D eigenvalue weighted by molar-refractivity contribution is 5.86. The quantitative estimate of drug-likeness (QED) is 0.330. The summed E-state index contributed by atoms with van der Waals surface area (Å²) in [6.45, 7) is 0.698. The summed E-state index contributed by atoms with van der Waals surface area (Å²) < 4.78 is 4.60. The van der Waals surface area contributed by atoms with Crippen LogP contribution in [0.25, 0.3) is 38.3 Å². The number of pyridine rings is 2. The van der Waals surface area contributed by atoms with Gasteiger partial charge < -0.3 is 5.32 Å². The summed E-state index contributed by atoms with van der Waals surface area (Å²) >= 11 is 0. The van der Waals surface area contributed by atoms with Gasteiger partial charge in [0, 0.05) is 16.8 Å². The average molecular weight is 373 g/mol. The molecule has 6 rings (SSSR count). The molecule has 0 aliphatic heterocycles. The fourth-order valence-corrected chi connectivity index (χ4v) is 4.15. The molecule has 0 saturated heterocycles. The lowest BCUT2D eigenvalue weighted by atomic mass is 10.1. The minimum absolute atomic E-state index is 0.698. The van der Waals surface area contributed by atoms with Crippen LogP contribution in [0.15, 0.2) is 103 Å². The highest BCUT2D eigenvalue weighted by atomic mass is 15.1. The van der Waals surface area contributed by atoms with Gasteiger partial charge in [0.25, 0.3) is 5.65 Å². The number of imidazole rings is 1. The molecular weight excluding hydrogens is 354 g/mol. The fourth-order valence-electron chi connectivity index (χ4n) is 4.15. The van der Waals surface area contributed by atoms with Gasteiger partial charge in [-0.15, -0.1) is 12.2 Å². The lowest BCUT2D eigenvalue weighted by Gasteiger charge is -2.21. The lowest BCUT2D eigenvalue weighted by molar-refractivity contribution is -0.479. The summed E-state index contributed by atoms with van der Waals surface area (Å²) in [6.07, 6.45) is 2.21. The molecule has 3 nitrogen and oxygen atoms in total. The summed E-state index contributed by atoms with van der Waals surface area (Å²) in [6, 6.07) is 34.1. The van der Waals surface area contributed by atoms with E-state index in [1.165, 1.54) is 38.5 Å². The van der Waals surface area contributed by atoms with E-state index in [9.17, 15) is 0 Å². The van der Waals surface area contributed by atoms with E-state index in [0.29, 0.717) is 6.54 Å². The zero-order valence-electron chi connectivity index (χ0n) is 15.9. The molecule has 29 heavy (non-hydrogen) atoms. The summed E-state index contributed by atoms with van der Waals surface area (Å²) in [4.78, 5) is 0. The minimum atomic E-state index is 0.698. The largest absolute Gasteiger partial charge is 0.681 e. The Labute approximate surface area is 168 Å². The molecule has 3 heterocycles. The molecular formula is C26H19N3. The van der Waals surface area contributed by atoms with Gasteiger partial charge in [-0.25, -0.2) is 0 Å². The van der Waals surface area contributed by atoms with E-state index >= 15 is 0 Å². The highest BCUT2D eigenvalue weighted by Crippen LogP contribution is 2.26. The smallest absolute Gasteiger partial charge is 0.292 e. The topological polar surface area (TPSA) is 22.6 Å². The molecule has 138 valence electrons. The molecule has 6 aromatic rings. The third kappa shape index (κ3) is 2.63. The number of para-hydroxylation sites is 1. The monoisotopic (exact) mass is 373 g/mol. The van der Waals surface area contributed by atoms with Gasteiger partial charge in [0.2, 0.25) is 0 Å². The van der Waals surface area contributed by atoms with Crippen LogP contribution in [-0.2, 0) is 6.54 Å². The van der Waals surface area contributed by atoms with Gasteiger partial charge in [-0.1, -0.05) is 66.2 Å². The minimum Gasteiger partial charge on any atom is -0.681 e. The maximum Gasteiger partial charge on any atom is 0.292 e. The van der Waals surface area contributed by atoms with Gasteiger partial charge in [-0.3, -0.25) is 0 Å². The van der Waals surface area contributed by atoms with Crippen LogP contribution in [-0.4, -0.2) is 4.40 Å². The highest BCUT2D eigenvalue weighted by Gasteiger charge is 2.16. The van der Waals surface area contributed by atoms with Crippen molar-refractivity contribution in [2.24, 2.45) is 0 Å². The average Bonchev–Trinajstić information content (AvgIpc) is 3.18. The van der Waals surface area contributed by atoms with Crippen molar-refractivity contribution in [2.45, 2.75) is 6.54 Å². The third-order valence-corrected chi connectivity index (χ3v) is 5.58. The van der Waals surface area contributed by atoms with Gasteiger partial charge in [0.1, 0.15) is 17.2 Å².